The molecule has 0 saturated carbocycles. The molecule has 0 unspecified atom stereocenters. The highest BCUT2D eigenvalue weighted by Crippen LogP contribution is 2.25. The Balaban J connectivity index is 1.80. The molecule has 2 heterocycles. The van der Waals surface area contributed by atoms with Crippen molar-refractivity contribution in [1.29, 1.82) is 0 Å². The van der Waals surface area contributed by atoms with Crippen LogP contribution in [-0.2, 0) is 4.74 Å². The molecule has 1 aliphatic heterocycles. The van der Waals surface area contributed by atoms with E-state index in [2.05, 4.69) is 35.0 Å². The lowest BCUT2D eigenvalue weighted by Gasteiger charge is -2.29. The van der Waals surface area contributed by atoms with E-state index in [0.717, 1.165) is 59.6 Å². The van der Waals surface area contributed by atoms with Crippen LogP contribution >= 0.6 is 0 Å². The van der Waals surface area contributed by atoms with Crippen LogP contribution in [0.4, 0.5) is 5.69 Å². The molecule has 2 aromatic carbocycles. The van der Waals surface area contributed by atoms with Gasteiger partial charge >= 0.3 is 0 Å². The zero-order valence-electron chi connectivity index (χ0n) is 13.7. The van der Waals surface area contributed by atoms with Gasteiger partial charge in [0.2, 0.25) is 0 Å². The molecule has 0 aliphatic carbocycles. The predicted molar refractivity (Wildman–Crippen MR) is 97.8 cm³/mol. The molecule has 1 aliphatic rings. The van der Waals surface area contributed by atoms with E-state index in [0.29, 0.717) is 0 Å². The highest BCUT2D eigenvalue weighted by atomic mass is 16.5. The van der Waals surface area contributed by atoms with Gasteiger partial charge in [0.1, 0.15) is 0 Å². The number of H-pyrrole nitrogens is 1. The molecular weight excluding hydrogens is 300 g/mol. The average Bonchev–Trinajstić information content (AvgIpc) is 2.62. The Bertz CT molecular complexity index is 940. The molecule has 24 heavy (non-hydrogen) atoms. The molecule has 0 spiro atoms. The Morgan fingerprint density at radius 2 is 1.83 bits per heavy atom. The first kappa shape index (κ1) is 15.0. The topological polar surface area (TPSA) is 45.3 Å². The van der Waals surface area contributed by atoms with Gasteiger partial charge in [0.05, 0.1) is 13.2 Å². The largest absolute Gasteiger partial charge is 0.378 e. The van der Waals surface area contributed by atoms with E-state index in [-0.39, 0.29) is 5.56 Å². The van der Waals surface area contributed by atoms with Crippen molar-refractivity contribution in [2.45, 2.75) is 6.92 Å². The number of nitrogens with zero attached hydrogens (tertiary/aromatic N) is 1. The first-order chi connectivity index (χ1) is 11.7. The summed E-state index contributed by atoms with van der Waals surface area (Å²) >= 11 is 0. The summed E-state index contributed by atoms with van der Waals surface area (Å²) in [6.07, 6.45) is 0. The van der Waals surface area contributed by atoms with E-state index < -0.39 is 0 Å². The maximum absolute atomic E-state index is 12.6. The number of nitrogens with one attached hydrogen (secondary N) is 1. The van der Waals surface area contributed by atoms with Crippen LogP contribution in [0.3, 0.4) is 0 Å². The van der Waals surface area contributed by atoms with Gasteiger partial charge in [-0.25, -0.2) is 0 Å². The van der Waals surface area contributed by atoms with Crippen molar-refractivity contribution in [2.75, 3.05) is 31.2 Å². The second-order valence-corrected chi connectivity index (χ2v) is 6.20. The highest BCUT2D eigenvalue weighted by Gasteiger charge is 2.13. The van der Waals surface area contributed by atoms with Crippen molar-refractivity contribution in [2.24, 2.45) is 0 Å². The van der Waals surface area contributed by atoms with Crippen LogP contribution in [0.5, 0.6) is 0 Å². The summed E-state index contributed by atoms with van der Waals surface area (Å²) in [5.41, 5.74) is 4.12. The first-order valence-electron chi connectivity index (χ1n) is 8.28. The van der Waals surface area contributed by atoms with Crippen LogP contribution in [0.2, 0.25) is 0 Å². The average molecular weight is 320 g/mol. The number of hydrogen-bond donors (Lipinski definition) is 1. The summed E-state index contributed by atoms with van der Waals surface area (Å²) in [5.74, 6) is 0. The lowest BCUT2D eigenvalue weighted by Crippen LogP contribution is -2.36. The Kier molecular flexibility index (Phi) is 3.82. The minimum atomic E-state index is -0.0409. The molecule has 4 nitrogen and oxygen atoms in total. The highest BCUT2D eigenvalue weighted by molar-refractivity contribution is 5.88. The summed E-state index contributed by atoms with van der Waals surface area (Å²) in [4.78, 5) is 17.9. The van der Waals surface area contributed by atoms with E-state index in [1.807, 2.05) is 30.3 Å². The van der Waals surface area contributed by atoms with E-state index >= 15 is 0 Å². The molecule has 122 valence electrons. The number of anilines is 1. The van der Waals surface area contributed by atoms with Crippen LogP contribution in [-0.4, -0.2) is 31.3 Å². The smallest absolute Gasteiger partial charge is 0.256 e. The molecule has 1 fully saturated rings. The van der Waals surface area contributed by atoms with Gasteiger partial charge in [0, 0.05) is 35.4 Å². The fourth-order valence-electron chi connectivity index (χ4n) is 3.29. The number of pyridine rings is 1. The van der Waals surface area contributed by atoms with Crippen LogP contribution in [0.15, 0.2) is 53.3 Å². The molecular formula is C20H20N2O2. The molecule has 4 heteroatoms. The van der Waals surface area contributed by atoms with Crippen molar-refractivity contribution >= 4 is 16.5 Å². The summed E-state index contributed by atoms with van der Waals surface area (Å²) in [5, 5.41) is 1.70. The monoisotopic (exact) mass is 320 g/mol. The molecule has 0 bridgehead atoms. The zero-order chi connectivity index (χ0) is 16.5. The minimum absolute atomic E-state index is 0.0409. The van der Waals surface area contributed by atoms with E-state index in [1.54, 1.807) is 0 Å². The molecule has 0 radical (unpaired) electrons. The van der Waals surface area contributed by atoms with Gasteiger partial charge in [-0.3, -0.25) is 4.79 Å². The molecule has 4 rings (SSSR count). The fourth-order valence-corrected chi connectivity index (χ4v) is 3.29. The van der Waals surface area contributed by atoms with E-state index in [4.69, 9.17) is 4.74 Å². The van der Waals surface area contributed by atoms with Gasteiger partial charge in [-0.15, -0.1) is 0 Å². The quantitative estimate of drug-likeness (QED) is 0.788. The number of aryl methyl sites for hydroxylation is 1. The second-order valence-electron chi connectivity index (χ2n) is 6.20. The second kappa shape index (κ2) is 6.13. The zero-order valence-corrected chi connectivity index (χ0v) is 13.7. The predicted octanol–water partition coefficient (Wildman–Crippen LogP) is 3.34. The number of rotatable bonds is 2. The number of aromatic amines is 1. The lowest BCUT2D eigenvalue weighted by molar-refractivity contribution is 0.122. The van der Waals surface area contributed by atoms with Crippen molar-refractivity contribution in [3.05, 3.63) is 64.4 Å². The summed E-state index contributed by atoms with van der Waals surface area (Å²) in [6, 6.07) is 16.3. The van der Waals surface area contributed by atoms with Gasteiger partial charge < -0.3 is 14.6 Å². The maximum Gasteiger partial charge on any atom is 0.256 e. The third kappa shape index (κ3) is 2.69. The number of ether oxygens (including phenoxy) is 1. The number of benzene rings is 2. The van der Waals surface area contributed by atoms with Crippen molar-refractivity contribution in [3.63, 3.8) is 0 Å². The Morgan fingerprint density at radius 1 is 1.04 bits per heavy atom. The Hall–Kier alpha value is -2.59. The summed E-state index contributed by atoms with van der Waals surface area (Å²) < 4.78 is 5.40. The van der Waals surface area contributed by atoms with Crippen LogP contribution in [0, 0.1) is 6.92 Å². The van der Waals surface area contributed by atoms with Gasteiger partial charge in [-0.05, 0) is 36.1 Å². The third-order valence-corrected chi connectivity index (χ3v) is 4.64. The Morgan fingerprint density at radius 3 is 2.62 bits per heavy atom. The lowest BCUT2D eigenvalue weighted by atomic mass is 10.0. The van der Waals surface area contributed by atoms with Crippen LogP contribution in [0.25, 0.3) is 22.0 Å². The maximum atomic E-state index is 12.6. The minimum Gasteiger partial charge on any atom is -0.378 e. The van der Waals surface area contributed by atoms with Crippen LogP contribution in [0.1, 0.15) is 5.56 Å². The number of morpholine rings is 1. The normalized spacial score (nSPS) is 15.0. The van der Waals surface area contributed by atoms with Gasteiger partial charge in [0.25, 0.3) is 5.56 Å². The van der Waals surface area contributed by atoms with Crippen molar-refractivity contribution in [3.8, 4) is 11.3 Å². The summed E-state index contributed by atoms with van der Waals surface area (Å²) in [6.45, 7) is 5.26. The van der Waals surface area contributed by atoms with Gasteiger partial charge in [-0.2, -0.15) is 0 Å². The standard InChI is InChI=1S/C20H20N2O2/c1-14-4-2-3-5-17(14)19-12-15-6-7-16(13-18(15)20(23)21-19)22-8-10-24-11-9-22/h2-7,12-13H,8-11H2,1H3,(H,21,23). The fraction of sp³-hybridized carbons (Fsp3) is 0.250. The molecule has 0 amide bonds. The molecule has 0 atom stereocenters. The van der Waals surface area contributed by atoms with Crippen molar-refractivity contribution < 1.29 is 4.74 Å². The van der Waals surface area contributed by atoms with Crippen molar-refractivity contribution in [1.82, 2.24) is 4.98 Å². The van der Waals surface area contributed by atoms with Gasteiger partial charge in [-0.1, -0.05) is 30.3 Å². The first-order valence-corrected chi connectivity index (χ1v) is 8.28. The van der Waals surface area contributed by atoms with Gasteiger partial charge in [0.15, 0.2) is 0 Å². The van der Waals surface area contributed by atoms with Crippen LogP contribution < -0.4 is 10.5 Å². The SMILES string of the molecule is Cc1ccccc1-c1cc2ccc(N3CCOCC3)cc2c(=O)[nH]1. The van der Waals surface area contributed by atoms with E-state index in [9.17, 15) is 4.79 Å². The number of fused-ring (bicyclic) bond motifs is 1. The Labute approximate surface area is 140 Å². The number of aromatic nitrogens is 1. The molecule has 1 saturated heterocycles. The molecule has 3 aromatic rings. The third-order valence-electron chi connectivity index (χ3n) is 4.64. The summed E-state index contributed by atoms with van der Waals surface area (Å²) in [7, 11) is 0. The van der Waals surface area contributed by atoms with E-state index in [1.165, 1.54) is 0 Å². The number of hydrogen-bond acceptors (Lipinski definition) is 3. The molecule has 1 aromatic heterocycles. The molecule has 1 N–H and O–H groups in total.